The molecule has 7 heteroatoms. The predicted molar refractivity (Wildman–Crippen MR) is 113 cm³/mol. The van der Waals surface area contributed by atoms with Crippen molar-refractivity contribution >= 4 is 39.6 Å². The van der Waals surface area contributed by atoms with E-state index in [2.05, 4.69) is 34.2 Å². The van der Waals surface area contributed by atoms with Gasteiger partial charge < -0.3 is 4.57 Å². The summed E-state index contributed by atoms with van der Waals surface area (Å²) < 4.78 is 2.26. The van der Waals surface area contributed by atoms with E-state index in [1.807, 2.05) is 30.3 Å². The van der Waals surface area contributed by atoms with Crippen LogP contribution in [-0.2, 0) is 6.54 Å². The average Bonchev–Trinajstić information content (AvgIpc) is 3.07. The van der Waals surface area contributed by atoms with Crippen molar-refractivity contribution in [3.05, 3.63) is 88.0 Å². The molecule has 0 aliphatic heterocycles. The molecule has 0 spiro atoms. The number of nitrogens with one attached hydrogen (secondary N) is 1. The zero-order valence-corrected chi connectivity index (χ0v) is 15.7. The SMILES string of the molecule is CCn1c2ccccc2c2cc(/C=N\NC(=O)c3cccc([N+](=O)[O-])c3)ccc21. The smallest absolute Gasteiger partial charge is 0.271 e. The standard InChI is InChI=1S/C22H18N4O3/c1-2-25-20-9-4-3-8-18(20)19-12-15(10-11-21(19)25)14-23-24-22(27)16-6-5-7-17(13-16)26(28)29/h3-14H,2H2,1H3,(H,24,27)/b23-14-. The second-order valence-electron chi connectivity index (χ2n) is 6.54. The van der Waals surface area contributed by atoms with Gasteiger partial charge in [0, 0.05) is 46.0 Å². The number of hydrogen-bond donors (Lipinski definition) is 1. The van der Waals surface area contributed by atoms with Crippen molar-refractivity contribution in [2.45, 2.75) is 13.5 Å². The molecule has 1 aromatic heterocycles. The molecule has 3 aromatic carbocycles. The molecular formula is C22H18N4O3. The highest BCUT2D eigenvalue weighted by Gasteiger charge is 2.11. The molecule has 7 nitrogen and oxygen atoms in total. The number of rotatable bonds is 5. The topological polar surface area (TPSA) is 89.5 Å². The van der Waals surface area contributed by atoms with Gasteiger partial charge in [0.2, 0.25) is 0 Å². The lowest BCUT2D eigenvalue weighted by Crippen LogP contribution is -2.17. The molecule has 0 unspecified atom stereocenters. The zero-order chi connectivity index (χ0) is 20.4. The minimum Gasteiger partial charge on any atom is -0.341 e. The Hall–Kier alpha value is -4.00. The molecule has 0 bridgehead atoms. The lowest BCUT2D eigenvalue weighted by Gasteiger charge is -2.03. The summed E-state index contributed by atoms with van der Waals surface area (Å²) in [5, 5.41) is 17.1. The first-order chi connectivity index (χ1) is 14.1. The second kappa shape index (κ2) is 7.55. The number of benzene rings is 3. The fourth-order valence-corrected chi connectivity index (χ4v) is 3.48. The van der Waals surface area contributed by atoms with Crippen LogP contribution in [0.5, 0.6) is 0 Å². The van der Waals surface area contributed by atoms with Crippen molar-refractivity contribution in [3.8, 4) is 0 Å². The van der Waals surface area contributed by atoms with E-state index in [4.69, 9.17) is 0 Å². The van der Waals surface area contributed by atoms with Gasteiger partial charge in [0.15, 0.2) is 0 Å². The monoisotopic (exact) mass is 386 g/mol. The molecule has 0 saturated heterocycles. The number of non-ortho nitro benzene ring substituents is 1. The predicted octanol–water partition coefficient (Wildman–Crippen LogP) is 4.49. The first-order valence-corrected chi connectivity index (χ1v) is 9.17. The number of amides is 1. The van der Waals surface area contributed by atoms with Crippen molar-refractivity contribution in [1.82, 2.24) is 9.99 Å². The maximum absolute atomic E-state index is 12.2. The van der Waals surface area contributed by atoms with Crippen LogP contribution in [-0.4, -0.2) is 21.6 Å². The Morgan fingerprint density at radius 1 is 1.07 bits per heavy atom. The van der Waals surface area contributed by atoms with Gasteiger partial charge in [0.05, 0.1) is 11.1 Å². The Labute approximate surface area is 166 Å². The molecule has 0 aliphatic rings. The van der Waals surface area contributed by atoms with E-state index in [1.54, 1.807) is 6.21 Å². The summed E-state index contributed by atoms with van der Waals surface area (Å²) in [7, 11) is 0. The van der Waals surface area contributed by atoms with Gasteiger partial charge in [0.1, 0.15) is 0 Å². The number of carbonyl (C=O) groups excluding carboxylic acids is 1. The fourth-order valence-electron chi connectivity index (χ4n) is 3.48. The second-order valence-corrected chi connectivity index (χ2v) is 6.54. The summed E-state index contributed by atoms with van der Waals surface area (Å²) >= 11 is 0. The van der Waals surface area contributed by atoms with Gasteiger partial charge in [-0.2, -0.15) is 5.10 Å². The van der Waals surface area contributed by atoms with E-state index in [0.29, 0.717) is 0 Å². The first kappa shape index (κ1) is 18.4. The molecule has 29 heavy (non-hydrogen) atoms. The number of aromatic nitrogens is 1. The molecule has 4 rings (SSSR count). The van der Waals surface area contributed by atoms with Gasteiger partial charge in [-0.3, -0.25) is 14.9 Å². The Morgan fingerprint density at radius 3 is 2.66 bits per heavy atom. The van der Waals surface area contributed by atoms with Crippen LogP contribution < -0.4 is 5.43 Å². The van der Waals surface area contributed by atoms with Crippen molar-refractivity contribution in [2.24, 2.45) is 5.10 Å². The first-order valence-electron chi connectivity index (χ1n) is 9.17. The number of nitro groups is 1. The number of nitrogens with zero attached hydrogens (tertiary/aromatic N) is 3. The third-order valence-electron chi connectivity index (χ3n) is 4.81. The average molecular weight is 386 g/mol. The van der Waals surface area contributed by atoms with Gasteiger partial charge in [-0.25, -0.2) is 5.43 Å². The van der Waals surface area contributed by atoms with E-state index in [1.165, 1.54) is 35.2 Å². The van der Waals surface area contributed by atoms with Crippen molar-refractivity contribution in [2.75, 3.05) is 0 Å². The van der Waals surface area contributed by atoms with E-state index >= 15 is 0 Å². The summed E-state index contributed by atoms with van der Waals surface area (Å²) in [4.78, 5) is 22.5. The lowest BCUT2D eigenvalue weighted by atomic mass is 10.1. The Morgan fingerprint density at radius 2 is 1.86 bits per heavy atom. The molecule has 1 N–H and O–H groups in total. The molecule has 0 radical (unpaired) electrons. The normalized spacial score (nSPS) is 11.3. The molecule has 0 saturated carbocycles. The molecular weight excluding hydrogens is 368 g/mol. The van der Waals surface area contributed by atoms with E-state index in [-0.39, 0.29) is 11.3 Å². The van der Waals surface area contributed by atoms with Crippen LogP contribution in [0.3, 0.4) is 0 Å². The number of aryl methyl sites for hydroxylation is 1. The van der Waals surface area contributed by atoms with Crippen molar-refractivity contribution in [1.29, 1.82) is 0 Å². The van der Waals surface area contributed by atoms with Crippen LogP contribution in [0.25, 0.3) is 21.8 Å². The summed E-state index contributed by atoms with van der Waals surface area (Å²) in [6, 6.07) is 19.8. The van der Waals surface area contributed by atoms with Crippen LogP contribution in [0.1, 0.15) is 22.8 Å². The van der Waals surface area contributed by atoms with Crippen LogP contribution in [0.4, 0.5) is 5.69 Å². The Kier molecular flexibility index (Phi) is 4.78. The van der Waals surface area contributed by atoms with Crippen LogP contribution in [0, 0.1) is 10.1 Å². The minimum absolute atomic E-state index is 0.139. The molecule has 0 atom stereocenters. The minimum atomic E-state index is -0.540. The van der Waals surface area contributed by atoms with Crippen LogP contribution in [0.15, 0.2) is 71.8 Å². The van der Waals surface area contributed by atoms with Crippen molar-refractivity contribution < 1.29 is 9.72 Å². The van der Waals surface area contributed by atoms with E-state index < -0.39 is 10.8 Å². The summed E-state index contributed by atoms with van der Waals surface area (Å²) in [6.07, 6.45) is 1.56. The van der Waals surface area contributed by atoms with Crippen molar-refractivity contribution in [3.63, 3.8) is 0 Å². The summed E-state index contributed by atoms with van der Waals surface area (Å²) in [5.74, 6) is -0.506. The van der Waals surface area contributed by atoms with Gasteiger partial charge in [-0.1, -0.05) is 30.3 Å². The maximum atomic E-state index is 12.2. The quantitative estimate of drug-likeness (QED) is 0.311. The van der Waals surface area contributed by atoms with Crippen LogP contribution in [0.2, 0.25) is 0 Å². The third kappa shape index (κ3) is 3.45. The fraction of sp³-hybridized carbons (Fsp3) is 0.0909. The maximum Gasteiger partial charge on any atom is 0.271 e. The van der Waals surface area contributed by atoms with Crippen LogP contribution >= 0.6 is 0 Å². The number of hydrazone groups is 1. The number of para-hydroxylation sites is 1. The largest absolute Gasteiger partial charge is 0.341 e. The highest BCUT2D eigenvalue weighted by Crippen LogP contribution is 2.29. The number of nitro benzene ring substituents is 1. The Balaban J connectivity index is 1.59. The van der Waals surface area contributed by atoms with Gasteiger partial charge >= 0.3 is 0 Å². The summed E-state index contributed by atoms with van der Waals surface area (Å²) in [5.41, 5.74) is 5.62. The molecule has 1 amide bonds. The van der Waals surface area contributed by atoms with Gasteiger partial charge in [0.25, 0.3) is 11.6 Å². The van der Waals surface area contributed by atoms with E-state index in [0.717, 1.165) is 23.0 Å². The number of fused-ring (bicyclic) bond motifs is 3. The molecule has 0 aliphatic carbocycles. The van der Waals surface area contributed by atoms with Gasteiger partial charge in [-0.05, 0) is 36.8 Å². The molecule has 1 heterocycles. The van der Waals surface area contributed by atoms with E-state index in [9.17, 15) is 14.9 Å². The Bertz CT molecular complexity index is 1270. The molecule has 0 fully saturated rings. The molecule has 4 aromatic rings. The summed E-state index contributed by atoms with van der Waals surface area (Å²) in [6.45, 7) is 2.99. The lowest BCUT2D eigenvalue weighted by molar-refractivity contribution is -0.384. The zero-order valence-electron chi connectivity index (χ0n) is 15.7. The number of carbonyl (C=O) groups is 1. The highest BCUT2D eigenvalue weighted by molar-refractivity contribution is 6.09. The highest BCUT2D eigenvalue weighted by atomic mass is 16.6. The molecule has 144 valence electrons. The van der Waals surface area contributed by atoms with Gasteiger partial charge in [-0.15, -0.1) is 0 Å². The third-order valence-corrected chi connectivity index (χ3v) is 4.81. The number of hydrogen-bond acceptors (Lipinski definition) is 4.